The lowest BCUT2D eigenvalue weighted by Gasteiger charge is -2.29. The van der Waals surface area contributed by atoms with Gasteiger partial charge in [0.05, 0.1) is 32.5 Å². The van der Waals surface area contributed by atoms with Crippen LogP contribution in [-0.4, -0.2) is 139 Å². The zero-order valence-electron chi connectivity index (χ0n) is 13.8. The van der Waals surface area contributed by atoms with Crippen molar-refractivity contribution in [2.24, 2.45) is 0 Å². The van der Waals surface area contributed by atoms with E-state index >= 15 is 0 Å². The quantitative estimate of drug-likeness (QED) is 0.124. The van der Waals surface area contributed by atoms with E-state index in [1.165, 1.54) is 0 Å². The van der Waals surface area contributed by atoms with E-state index < -0.39 is 82.6 Å². The number of hydrogen-bond donors (Lipinski definition) is 11. The van der Waals surface area contributed by atoms with Gasteiger partial charge in [0.2, 0.25) is 0 Å². The molecular weight excluding hydrogens is 363 g/mol. The van der Waals surface area contributed by atoms with Gasteiger partial charge in [0.1, 0.15) is 42.7 Å². The van der Waals surface area contributed by atoms with Gasteiger partial charge in [-0.25, -0.2) is 0 Å². The first-order chi connectivity index (χ1) is 12.1. The van der Waals surface area contributed by atoms with Crippen molar-refractivity contribution >= 4 is 7.32 Å². The highest BCUT2D eigenvalue weighted by Gasteiger charge is 2.36. The number of hydrogen-bond acceptors (Lipinski definition) is 13. The second kappa shape index (κ2) is 12.8. The van der Waals surface area contributed by atoms with Crippen LogP contribution >= 0.6 is 0 Å². The standard InChI is InChI=1S/C12H27BO13/c14-1-5(17)9(20)11(22)7(19)4-25-13(24)26-8(3-16)12(23)10(21)6(18)2-15/h5-12,14-24H,1-4H2. The lowest BCUT2D eigenvalue weighted by Crippen LogP contribution is -2.51. The molecule has 0 spiro atoms. The summed E-state index contributed by atoms with van der Waals surface area (Å²) in [6.45, 7) is -3.52. The van der Waals surface area contributed by atoms with Crippen LogP contribution < -0.4 is 0 Å². The minimum Gasteiger partial charge on any atom is -0.402 e. The van der Waals surface area contributed by atoms with Crippen LogP contribution in [0, 0.1) is 0 Å². The van der Waals surface area contributed by atoms with Gasteiger partial charge in [-0.15, -0.1) is 0 Å². The molecule has 0 aliphatic rings. The molecule has 0 amide bonds. The molecule has 0 aromatic heterocycles. The molecule has 0 aromatic carbocycles. The molecule has 11 N–H and O–H groups in total. The van der Waals surface area contributed by atoms with Crippen LogP contribution in [0.4, 0.5) is 0 Å². The minimum absolute atomic E-state index is 0.826. The summed E-state index contributed by atoms with van der Waals surface area (Å²) in [5.74, 6) is 0. The predicted octanol–water partition coefficient (Wildman–Crippen LogP) is -7.13. The molecule has 0 aromatic rings. The Morgan fingerprint density at radius 2 is 1.04 bits per heavy atom. The van der Waals surface area contributed by atoms with Gasteiger partial charge in [-0.05, 0) is 0 Å². The molecule has 8 unspecified atom stereocenters. The number of aliphatic hydroxyl groups is 10. The van der Waals surface area contributed by atoms with Gasteiger partial charge in [-0.3, -0.25) is 0 Å². The summed E-state index contributed by atoms with van der Waals surface area (Å²) in [7, 11) is -2.16. The topological polar surface area (TPSA) is 241 Å². The van der Waals surface area contributed by atoms with Crippen LogP contribution in [0.2, 0.25) is 0 Å². The van der Waals surface area contributed by atoms with E-state index in [9.17, 15) is 35.7 Å². The third kappa shape index (κ3) is 8.05. The monoisotopic (exact) mass is 390 g/mol. The van der Waals surface area contributed by atoms with Crippen molar-refractivity contribution < 1.29 is 65.4 Å². The van der Waals surface area contributed by atoms with Crippen molar-refractivity contribution in [2.75, 3.05) is 26.4 Å². The summed E-state index contributed by atoms with van der Waals surface area (Å²) < 4.78 is 9.26. The molecule has 8 atom stereocenters. The molecule has 0 saturated heterocycles. The third-order valence-corrected chi connectivity index (χ3v) is 3.52. The molecule has 13 nitrogen and oxygen atoms in total. The van der Waals surface area contributed by atoms with Crippen LogP contribution in [0.25, 0.3) is 0 Å². The lowest BCUT2D eigenvalue weighted by molar-refractivity contribution is -0.133. The molecule has 0 aliphatic heterocycles. The summed E-state index contributed by atoms with van der Waals surface area (Å²) >= 11 is 0. The fourth-order valence-corrected chi connectivity index (χ4v) is 1.82. The normalized spacial score (nSPS) is 21.3. The molecular formula is C12H27BO13. The van der Waals surface area contributed by atoms with E-state index in [1.807, 2.05) is 0 Å². The van der Waals surface area contributed by atoms with E-state index in [1.54, 1.807) is 0 Å². The van der Waals surface area contributed by atoms with E-state index in [4.69, 9.17) is 20.4 Å². The Hall–Kier alpha value is -0.455. The molecule has 14 heteroatoms. The van der Waals surface area contributed by atoms with Crippen molar-refractivity contribution in [3.8, 4) is 0 Å². The SMILES string of the molecule is OCC(O)C(O)C(O)C(O)COB(O)OC(CO)C(O)C(O)C(O)CO. The van der Waals surface area contributed by atoms with Gasteiger partial charge >= 0.3 is 7.32 Å². The average molecular weight is 390 g/mol. The molecule has 0 rings (SSSR count). The zero-order chi connectivity index (χ0) is 20.4. The number of rotatable bonds is 14. The van der Waals surface area contributed by atoms with Gasteiger partial charge in [0.25, 0.3) is 0 Å². The Morgan fingerprint density at radius 3 is 1.46 bits per heavy atom. The Morgan fingerprint density at radius 1 is 0.615 bits per heavy atom. The zero-order valence-corrected chi connectivity index (χ0v) is 13.8. The van der Waals surface area contributed by atoms with Gasteiger partial charge in [-0.1, -0.05) is 0 Å². The smallest absolute Gasteiger partial charge is 0.402 e. The van der Waals surface area contributed by atoms with Crippen molar-refractivity contribution in [1.29, 1.82) is 0 Å². The highest BCUT2D eigenvalue weighted by atomic mass is 16.7. The highest BCUT2D eigenvalue weighted by molar-refractivity contribution is 6.34. The van der Waals surface area contributed by atoms with Crippen LogP contribution in [0.1, 0.15) is 0 Å². The maximum atomic E-state index is 9.71. The molecule has 0 saturated carbocycles. The van der Waals surface area contributed by atoms with E-state index in [2.05, 4.69) is 9.31 Å². The lowest BCUT2D eigenvalue weighted by atomic mass is 10.0. The Labute approximate surface area is 149 Å². The van der Waals surface area contributed by atoms with Crippen LogP contribution in [-0.2, 0) is 9.31 Å². The van der Waals surface area contributed by atoms with Crippen molar-refractivity contribution in [1.82, 2.24) is 0 Å². The van der Waals surface area contributed by atoms with Gasteiger partial charge < -0.3 is 65.4 Å². The molecule has 156 valence electrons. The van der Waals surface area contributed by atoms with Gasteiger partial charge in [0, 0.05) is 0 Å². The Kier molecular flexibility index (Phi) is 12.6. The first kappa shape index (κ1) is 25.5. The summed E-state index contributed by atoms with van der Waals surface area (Å²) in [6.07, 6.45) is -14.6. The molecule has 0 fully saturated rings. The Bertz CT molecular complexity index is 364. The fraction of sp³-hybridized carbons (Fsp3) is 1.00. The van der Waals surface area contributed by atoms with Crippen LogP contribution in [0.5, 0.6) is 0 Å². The predicted molar refractivity (Wildman–Crippen MR) is 82.1 cm³/mol. The highest BCUT2D eigenvalue weighted by Crippen LogP contribution is 2.10. The van der Waals surface area contributed by atoms with Crippen LogP contribution in [0.3, 0.4) is 0 Å². The summed E-state index contributed by atoms with van der Waals surface area (Å²) in [6, 6.07) is 0. The minimum atomic E-state index is -2.16. The molecule has 0 radical (unpaired) electrons. The Balaban J connectivity index is 4.51. The van der Waals surface area contributed by atoms with Crippen LogP contribution in [0.15, 0.2) is 0 Å². The molecule has 0 aliphatic carbocycles. The maximum Gasteiger partial charge on any atom is 0.637 e. The number of aliphatic hydroxyl groups excluding tert-OH is 10. The molecule has 0 bridgehead atoms. The fourth-order valence-electron chi connectivity index (χ4n) is 1.82. The first-order valence-electron chi connectivity index (χ1n) is 7.64. The van der Waals surface area contributed by atoms with Crippen molar-refractivity contribution in [2.45, 2.75) is 48.8 Å². The van der Waals surface area contributed by atoms with E-state index in [0.29, 0.717) is 0 Å². The third-order valence-electron chi connectivity index (χ3n) is 3.52. The van der Waals surface area contributed by atoms with Crippen molar-refractivity contribution in [3.63, 3.8) is 0 Å². The average Bonchev–Trinajstić information content (AvgIpc) is 2.66. The summed E-state index contributed by atoms with van der Waals surface area (Å²) in [4.78, 5) is 0. The van der Waals surface area contributed by atoms with E-state index in [0.717, 1.165) is 0 Å². The molecule has 26 heavy (non-hydrogen) atoms. The summed E-state index contributed by atoms with van der Waals surface area (Å²) in [5, 5.41) is 102. The largest absolute Gasteiger partial charge is 0.637 e. The second-order valence-corrected chi connectivity index (χ2v) is 5.53. The van der Waals surface area contributed by atoms with Gasteiger partial charge in [-0.2, -0.15) is 0 Å². The van der Waals surface area contributed by atoms with E-state index in [-0.39, 0.29) is 0 Å². The van der Waals surface area contributed by atoms with Gasteiger partial charge in [0.15, 0.2) is 0 Å². The molecule has 0 heterocycles. The maximum absolute atomic E-state index is 9.71. The summed E-state index contributed by atoms with van der Waals surface area (Å²) in [5.41, 5.74) is 0. The van der Waals surface area contributed by atoms with Crippen molar-refractivity contribution in [3.05, 3.63) is 0 Å². The second-order valence-electron chi connectivity index (χ2n) is 5.53. The first-order valence-corrected chi connectivity index (χ1v) is 7.64.